The highest BCUT2D eigenvalue weighted by Gasteiger charge is 2.27. The van der Waals surface area contributed by atoms with Crippen LogP contribution in [0.2, 0.25) is 0 Å². The zero-order valence-electron chi connectivity index (χ0n) is 11.4. The molecule has 0 spiro atoms. The molecule has 0 N–H and O–H groups in total. The van der Waals surface area contributed by atoms with Gasteiger partial charge in [0.1, 0.15) is 0 Å². The minimum Gasteiger partial charge on any atom is -0.617 e. The van der Waals surface area contributed by atoms with Gasteiger partial charge in [-0.05, 0) is 31.2 Å². The van der Waals surface area contributed by atoms with Gasteiger partial charge in [-0.2, -0.15) is 4.73 Å². The van der Waals surface area contributed by atoms with Crippen LogP contribution in [0.5, 0.6) is 0 Å². The smallest absolute Gasteiger partial charge is 0.313 e. The molecule has 21 heavy (non-hydrogen) atoms. The Morgan fingerprint density at radius 1 is 0.905 bits per heavy atom. The van der Waals surface area contributed by atoms with Crippen molar-refractivity contribution in [2.75, 3.05) is 0 Å². The summed E-state index contributed by atoms with van der Waals surface area (Å²) < 4.78 is 25.7. The molecule has 0 fully saturated rings. The van der Waals surface area contributed by atoms with E-state index in [4.69, 9.17) is 0 Å². The molecule has 2 aromatic carbocycles. The number of nitrogens with zero attached hydrogens (tertiary/aromatic N) is 1. The Bertz CT molecular complexity index is 916. The number of pyridine rings is 1. The summed E-state index contributed by atoms with van der Waals surface area (Å²) in [5, 5.41) is 12.8. The molecule has 1 aromatic heterocycles. The maximum atomic E-state index is 12.6. The SMILES string of the molecule is Cc1ccc(S(=O)(=O)c2ccc3ccccc3[n+]2[O-])cc1. The van der Waals surface area contributed by atoms with Gasteiger partial charge in [0.2, 0.25) is 5.52 Å². The number of hydrogen-bond acceptors (Lipinski definition) is 3. The minimum absolute atomic E-state index is 0.119. The topological polar surface area (TPSA) is 61.1 Å². The van der Waals surface area contributed by atoms with Crippen molar-refractivity contribution >= 4 is 20.7 Å². The van der Waals surface area contributed by atoms with E-state index in [9.17, 15) is 13.6 Å². The Labute approximate surface area is 122 Å². The van der Waals surface area contributed by atoms with Gasteiger partial charge in [0.05, 0.1) is 4.90 Å². The molecule has 0 amide bonds. The standard InChI is InChI=1S/C16H13NO3S/c1-12-6-9-14(10-7-12)21(19,20)16-11-8-13-4-2-3-5-15(13)17(16)18/h2-11H,1H3. The van der Waals surface area contributed by atoms with Gasteiger partial charge in [0.15, 0.2) is 0 Å². The van der Waals surface area contributed by atoms with Crippen molar-refractivity contribution in [2.45, 2.75) is 16.8 Å². The summed E-state index contributed by atoms with van der Waals surface area (Å²) in [4.78, 5) is 0.119. The lowest BCUT2D eigenvalue weighted by atomic mass is 10.2. The van der Waals surface area contributed by atoms with Crippen molar-refractivity contribution in [3.63, 3.8) is 0 Å². The molecule has 0 saturated carbocycles. The molecule has 1 heterocycles. The number of para-hydroxylation sites is 1. The van der Waals surface area contributed by atoms with Crippen LogP contribution in [-0.2, 0) is 9.84 Å². The van der Waals surface area contributed by atoms with Gasteiger partial charge in [0.25, 0.3) is 9.84 Å². The fraction of sp³-hybridized carbons (Fsp3) is 0.0625. The molecule has 0 aliphatic carbocycles. The van der Waals surface area contributed by atoms with Crippen LogP contribution >= 0.6 is 0 Å². The number of rotatable bonds is 2. The van der Waals surface area contributed by atoms with Gasteiger partial charge in [0, 0.05) is 17.5 Å². The summed E-state index contributed by atoms with van der Waals surface area (Å²) in [5.41, 5.74) is 1.30. The third-order valence-electron chi connectivity index (χ3n) is 3.37. The number of sulfone groups is 1. The van der Waals surface area contributed by atoms with Crippen molar-refractivity contribution in [1.29, 1.82) is 0 Å². The second kappa shape index (κ2) is 4.86. The number of aryl methyl sites for hydroxylation is 1. The maximum absolute atomic E-state index is 12.6. The normalized spacial score (nSPS) is 11.7. The number of aromatic nitrogens is 1. The Morgan fingerprint density at radius 2 is 1.57 bits per heavy atom. The molecular weight excluding hydrogens is 286 g/mol. The van der Waals surface area contributed by atoms with Crippen molar-refractivity contribution in [2.24, 2.45) is 0 Å². The summed E-state index contributed by atoms with van der Waals surface area (Å²) in [6, 6.07) is 16.3. The zero-order valence-corrected chi connectivity index (χ0v) is 12.2. The molecule has 0 saturated heterocycles. The monoisotopic (exact) mass is 299 g/mol. The highest BCUT2D eigenvalue weighted by Crippen LogP contribution is 2.20. The van der Waals surface area contributed by atoms with Crippen LogP contribution in [0.25, 0.3) is 10.9 Å². The van der Waals surface area contributed by atoms with Crippen molar-refractivity contribution < 1.29 is 13.1 Å². The molecule has 0 atom stereocenters. The van der Waals surface area contributed by atoms with Crippen molar-refractivity contribution in [1.82, 2.24) is 0 Å². The molecule has 0 aliphatic rings. The average molecular weight is 299 g/mol. The fourth-order valence-corrected chi connectivity index (χ4v) is 3.50. The fourth-order valence-electron chi connectivity index (χ4n) is 2.20. The van der Waals surface area contributed by atoms with E-state index in [0.717, 1.165) is 5.56 Å². The van der Waals surface area contributed by atoms with Crippen molar-refractivity contribution in [3.8, 4) is 0 Å². The lowest BCUT2D eigenvalue weighted by Crippen LogP contribution is -2.34. The predicted molar refractivity (Wildman–Crippen MR) is 79.5 cm³/mol. The second-order valence-corrected chi connectivity index (χ2v) is 6.74. The van der Waals surface area contributed by atoms with E-state index in [1.54, 1.807) is 42.5 Å². The van der Waals surface area contributed by atoms with Crippen LogP contribution in [0.3, 0.4) is 0 Å². The van der Waals surface area contributed by atoms with E-state index >= 15 is 0 Å². The molecular formula is C16H13NO3S. The van der Waals surface area contributed by atoms with Crippen LogP contribution in [0.15, 0.2) is 70.6 Å². The first-order chi connectivity index (χ1) is 10.00. The zero-order chi connectivity index (χ0) is 15.0. The van der Waals surface area contributed by atoms with Crippen LogP contribution in [0, 0.1) is 12.1 Å². The summed E-state index contributed by atoms with van der Waals surface area (Å²) in [7, 11) is -3.83. The molecule has 5 heteroatoms. The van der Waals surface area contributed by atoms with Crippen LogP contribution in [0.4, 0.5) is 0 Å². The molecule has 4 nitrogen and oxygen atoms in total. The van der Waals surface area contributed by atoms with Gasteiger partial charge < -0.3 is 5.21 Å². The lowest BCUT2D eigenvalue weighted by molar-refractivity contribution is -0.619. The first kappa shape index (κ1) is 13.6. The molecule has 0 aliphatic heterocycles. The van der Waals surface area contributed by atoms with E-state index < -0.39 is 9.84 Å². The Morgan fingerprint density at radius 3 is 2.29 bits per heavy atom. The van der Waals surface area contributed by atoms with E-state index in [2.05, 4.69) is 0 Å². The minimum atomic E-state index is -3.83. The van der Waals surface area contributed by atoms with E-state index in [1.807, 2.05) is 6.92 Å². The number of fused-ring (bicyclic) bond motifs is 1. The highest BCUT2D eigenvalue weighted by atomic mass is 32.2. The predicted octanol–water partition coefficient (Wildman–Crippen LogP) is 2.61. The summed E-state index contributed by atoms with van der Waals surface area (Å²) >= 11 is 0. The molecule has 0 radical (unpaired) electrons. The first-order valence-corrected chi connectivity index (χ1v) is 7.91. The van der Waals surface area contributed by atoms with Gasteiger partial charge >= 0.3 is 5.03 Å². The van der Waals surface area contributed by atoms with Gasteiger partial charge in [-0.25, -0.2) is 8.42 Å². The molecule has 3 aromatic rings. The van der Waals surface area contributed by atoms with Crippen LogP contribution < -0.4 is 4.73 Å². The largest absolute Gasteiger partial charge is 0.617 e. The Kier molecular flexibility index (Phi) is 3.14. The van der Waals surface area contributed by atoms with E-state index in [-0.39, 0.29) is 9.92 Å². The summed E-state index contributed by atoms with van der Waals surface area (Å²) in [5.74, 6) is 0. The third kappa shape index (κ3) is 2.25. The highest BCUT2D eigenvalue weighted by molar-refractivity contribution is 7.91. The summed E-state index contributed by atoms with van der Waals surface area (Å²) in [6.45, 7) is 1.88. The lowest BCUT2D eigenvalue weighted by Gasteiger charge is -2.08. The quantitative estimate of drug-likeness (QED) is 0.540. The maximum Gasteiger partial charge on any atom is 0.313 e. The molecule has 0 bridgehead atoms. The summed E-state index contributed by atoms with van der Waals surface area (Å²) in [6.07, 6.45) is 0. The van der Waals surface area contributed by atoms with Gasteiger partial charge in [-0.1, -0.05) is 29.8 Å². The molecule has 106 valence electrons. The van der Waals surface area contributed by atoms with Gasteiger partial charge in [-0.15, -0.1) is 0 Å². The first-order valence-electron chi connectivity index (χ1n) is 6.43. The average Bonchev–Trinajstić information content (AvgIpc) is 2.48. The molecule has 3 rings (SSSR count). The Balaban J connectivity index is 2.24. The molecule has 0 unspecified atom stereocenters. The number of hydrogen-bond donors (Lipinski definition) is 0. The number of benzene rings is 2. The van der Waals surface area contributed by atoms with E-state index in [0.29, 0.717) is 15.6 Å². The Hall–Kier alpha value is -2.40. The third-order valence-corrected chi connectivity index (χ3v) is 5.11. The van der Waals surface area contributed by atoms with Gasteiger partial charge in [-0.3, -0.25) is 0 Å². The van der Waals surface area contributed by atoms with Crippen LogP contribution in [0.1, 0.15) is 5.56 Å². The van der Waals surface area contributed by atoms with Crippen LogP contribution in [-0.4, -0.2) is 8.42 Å². The second-order valence-electron chi connectivity index (χ2n) is 4.84. The van der Waals surface area contributed by atoms with E-state index in [1.165, 1.54) is 18.2 Å². The van der Waals surface area contributed by atoms with Crippen molar-refractivity contribution in [3.05, 3.63) is 71.4 Å².